The number of piperidine rings is 1. The van der Waals surface area contributed by atoms with Crippen LogP contribution in [0.15, 0.2) is 57.7 Å². The minimum atomic E-state index is 0.125. The second kappa shape index (κ2) is 7.52. The Kier molecular flexibility index (Phi) is 4.72. The summed E-state index contributed by atoms with van der Waals surface area (Å²) < 4.78 is 10.7. The first-order valence-electron chi connectivity index (χ1n) is 10.3. The molecule has 5 rings (SSSR count). The highest BCUT2D eigenvalue weighted by molar-refractivity contribution is 5.79. The van der Waals surface area contributed by atoms with Crippen LogP contribution in [-0.2, 0) is 24.2 Å². The smallest absolute Gasteiger partial charge is 0.224 e. The maximum Gasteiger partial charge on any atom is 0.224 e. The van der Waals surface area contributed by atoms with Gasteiger partial charge in [-0.2, -0.15) is 0 Å². The quantitative estimate of drug-likeness (QED) is 0.669. The Labute approximate surface area is 169 Å². The van der Waals surface area contributed by atoms with Crippen molar-refractivity contribution in [1.29, 1.82) is 0 Å². The topological polar surface area (TPSA) is 71.5 Å². The number of furan rings is 1. The van der Waals surface area contributed by atoms with E-state index in [2.05, 4.69) is 46.6 Å². The Morgan fingerprint density at radius 1 is 1.14 bits per heavy atom. The highest BCUT2D eigenvalue weighted by atomic mass is 16.5. The first-order chi connectivity index (χ1) is 14.2. The highest BCUT2D eigenvalue weighted by Crippen LogP contribution is 2.45. The molecule has 1 unspecified atom stereocenters. The summed E-state index contributed by atoms with van der Waals surface area (Å²) in [5, 5.41) is 7.38. The number of nitrogens with one attached hydrogen (secondary N) is 1. The van der Waals surface area contributed by atoms with Crippen molar-refractivity contribution in [3.05, 3.63) is 65.5 Å². The number of carbonyl (C=O) groups excluding carboxylic acids is 1. The predicted molar refractivity (Wildman–Crippen MR) is 108 cm³/mol. The summed E-state index contributed by atoms with van der Waals surface area (Å²) >= 11 is 0. The monoisotopic (exact) mass is 391 g/mol. The molecule has 3 heterocycles. The van der Waals surface area contributed by atoms with E-state index in [9.17, 15) is 4.79 Å². The lowest BCUT2D eigenvalue weighted by Gasteiger charge is -2.18. The molecule has 2 fully saturated rings. The molecule has 1 aromatic carbocycles. The number of rotatable bonds is 7. The molecule has 2 aliphatic rings. The molecule has 0 spiro atoms. The van der Waals surface area contributed by atoms with E-state index in [4.69, 9.17) is 8.94 Å². The van der Waals surface area contributed by atoms with Crippen LogP contribution in [0.3, 0.4) is 0 Å². The van der Waals surface area contributed by atoms with Gasteiger partial charge < -0.3 is 14.3 Å². The van der Waals surface area contributed by atoms with Gasteiger partial charge in [0, 0.05) is 31.7 Å². The van der Waals surface area contributed by atoms with Gasteiger partial charge >= 0.3 is 0 Å². The molecular formula is C23H25N3O3. The number of fused-ring (bicyclic) bond motifs is 1. The summed E-state index contributed by atoms with van der Waals surface area (Å²) in [5.74, 6) is 2.59. The molecular weight excluding hydrogens is 366 g/mol. The molecule has 0 bridgehead atoms. The van der Waals surface area contributed by atoms with Gasteiger partial charge in [-0.25, -0.2) is 0 Å². The molecule has 3 aromatic rings. The Morgan fingerprint density at radius 3 is 2.59 bits per heavy atom. The van der Waals surface area contributed by atoms with Crippen LogP contribution in [0, 0.1) is 11.8 Å². The number of hydrogen-bond donors (Lipinski definition) is 1. The van der Waals surface area contributed by atoms with Crippen LogP contribution in [0.2, 0.25) is 0 Å². The number of carbonyl (C=O) groups is 1. The average molecular weight is 391 g/mol. The van der Waals surface area contributed by atoms with E-state index in [0.29, 0.717) is 35.8 Å². The second-order valence-corrected chi connectivity index (χ2v) is 8.12. The van der Waals surface area contributed by atoms with Gasteiger partial charge in [0.1, 0.15) is 0 Å². The van der Waals surface area contributed by atoms with E-state index >= 15 is 0 Å². The third-order valence-electron chi connectivity index (χ3n) is 6.10. The molecule has 3 atom stereocenters. The summed E-state index contributed by atoms with van der Waals surface area (Å²) in [7, 11) is 0. The van der Waals surface area contributed by atoms with E-state index in [-0.39, 0.29) is 5.91 Å². The summed E-state index contributed by atoms with van der Waals surface area (Å²) in [5.41, 5.74) is 3.29. The van der Waals surface area contributed by atoms with Crippen LogP contribution in [0.5, 0.6) is 0 Å². The summed E-state index contributed by atoms with van der Waals surface area (Å²) in [6.07, 6.45) is 3.10. The van der Waals surface area contributed by atoms with Gasteiger partial charge in [0.25, 0.3) is 0 Å². The molecule has 150 valence electrons. The molecule has 1 saturated carbocycles. The third kappa shape index (κ3) is 3.85. The van der Waals surface area contributed by atoms with Crippen LogP contribution in [-0.4, -0.2) is 35.1 Å². The molecule has 1 amide bonds. The molecule has 29 heavy (non-hydrogen) atoms. The van der Waals surface area contributed by atoms with Gasteiger partial charge in [-0.05, 0) is 41.5 Å². The molecule has 6 heteroatoms. The Morgan fingerprint density at radius 2 is 1.90 bits per heavy atom. The second-order valence-electron chi connectivity index (χ2n) is 8.12. The molecule has 0 radical (unpaired) electrons. The highest BCUT2D eigenvalue weighted by Gasteiger charge is 2.56. The van der Waals surface area contributed by atoms with Crippen LogP contribution < -0.4 is 5.32 Å². The molecule has 1 saturated heterocycles. The lowest BCUT2D eigenvalue weighted by molar-refractivity contribution is -0.120. The first kappa shape index (κ1) is 18.2. The number of nitrogens with zero attached hydrogens (tertiary/aromatic N) is 2. The van der Waals surface area contributed by atoms with Crippen molar-refractivity contribution >= 4 is 5.91 Å². The van der Waals surface area contributed by atoms with Gasteiger partial charge in [-0.15, -0.1) is 0 Å². The fourth-order valence-corrected chi connectivity index (χ4v) is 4.42. The average Bonchev–Trinajstić information content (AvgIpc) is 3.27. The fourth-order valence-electron chi connectivity index (χ4n) is 4.42. The Bertz CT molecular complexity index is 965. The summed E-state index contributed by atoms with van der Waals surface area (Å²) in [6.45, 7) is 4.88. The van der Waals surface area contributed by atoms with Crippen LogP contribution in [0.1, 0.15) is 23.7 Å². The number of amides is 1. The van der Waals surface area contributed by atoms with Gasteiger partial charge in [-0.3, -0.25) is 9.69 Å². The zero-order valence-corrected chi connectivity index (χ0v) is 16.5. The van der Waals surface area contributed by atoms with Crippen LogP contribution in [0.25, 0.3) is 11.5 Å². The lowest BCUT2D eigenvalue weighted by atomic mass is 10.1. The third-order valence-corrected chi connectivity index (χ3v) is 6.10. The minimum Gasteiger partial charge on any atom is -0.461 e. The van der Waals surface area contributed by atoms with Crippen molar-refractivity contribution in [2.24, 2.45) is 11.8 Å². The van der Waals surface area contributed by atoms with E-state index in [0.717, 1.165) is 37.3 Å². The molecule has 6 nitrogen and oxygen atoms in total. The van der Waals surface area contributed by atoms with E-state index < -0.39 is 0 Å². The van der Waals surface area contributed by atoms with Crippen LogP contribution in [0.4, 0.5) is 0 Å². The number of benzene rings is 1. The van der Waals surface area contributed by atoms with E-state index in [1.807, 2.05) is 18.2 Å². The maximum absolute atomic E-state index is 12.4. The molecule has 1 aliphatic carbocycles. The van der Waals surface area contributed by atoms with Crippen molar-refractivity contribution in [2.75, 3.05) is 13.1 Å². The lowest BCUT2D eigenvalue weighted by Crippen LogP contribution is -2.35. The predicted octanol–water partition coefficient (Wildman–Crippen LogP) is 3.29. The zero-order valence-electron chi connectivity index (χ0n) is 16.5. The number of aryl methyl sites for hydroxylation is 1. The summed E-state index contributed by atoms with van der Waals surface area (Å²) in [4.78, 5) is 14.8. The van der Waals surface area contributed by atoms with Gasteiger partial charge in [0.2, 0.25) is 11.7 Å². The zero-order chi connectivity index (χ0) is 19.8. The van der Waals surface area contributed by atoms with E-state index in [1.165, 1.54) is 5.56 Å². The van der Waals surface area contributed by atoms with Crippen molar-refractivity contribution < 1.29 is 13.7 Å². The van der Waals surface area contributed by atoms with Crippen molar-refractivity contribution in [1.82, 2.24) is 15.4 Å². The number of likely N-dealkylation sites (tertiary alicyclic amines) is 1. The Hall–Kier alpha value is -2.86. The SMILES string of the molecule is CCc1ccc(CC(=O)NC2[C@H]3CN(Cc4cc(-c5ccco5)on4)C[C@@H]23)cc1. The maximum atomic E-state index is 12.4. The van der Waals surface area contributed by atoms with Gasteiger partial charge in [-0.1, -0.05) is 36.3 Å². The number of hydrogen-bond acceptors (Lipinski definition) is 5. The van der Waals surface area contributed by atoms with E-state index in [1.54, 1.807) is 6.26 Å². The van der Waals surface area contributed by atoms with Crippen LogP contribution >= 0.6 is 0 Å². The summed E-state index contributed by atoms with van der Waals surface area (Å²) in [6, 6.07) is 14.3. The Balaban J connectivity index is 1.08. The normalized spacial score (nSPS) is 23.1. The van der Waals surface area contributed by atoms with Crippen molar-refractivity contribution in [3.63, 3.8) is 0 Å². The molecule has 2 aromatic heterocycles. The van der Waals surface area contributed by atoms with Crippen molar-refractivity contribution in [3.8, 4) is 11.5 Å². The van der Waals surface area contributed by atoms with Gasteiger partial charge in [0.05, 0.1) is 18.4 Å². The molecule has 1 aliphatic heterocycles. The molecule has 1 N–H and O–H groups in total. The minimum absolute atomic E-state index is 0.125. The van der Waals surface area contributed by atoms with Crippen molar-refractivity contribution in [2.45, 2.75) is 32.4 Å². The fraction of sp³-hybridized carbons (Fsp3) is 0.391. The first-order valence-corrected chi connectivity index (χ1v) is 10.3. The number of aromatic nitrogens is 1. The van der Waals surface area contributed by atoms with Gasteiger partial charge in [0.15, 0.2) is 5.76 Å². The standard InChI is InChI=1S/C23H25N3O3/c1-2-15-5-7-16(8-6-15)10-22(27)24-23-18-13-26(14-19(18)23)12-17-11-21(29-25-17)20-4-3-9-28-20/h3-9,11,18-19,23H,2,10,12-14H2,1H3,(H,24,27)/t18-,19+,23?. The largest absolute Gasteiger partial charge is 0.461 e.